The molecule has 118 valence electrons. The van der Waals surface area contributed by atoms with Crippen LogP contribution in [0.4, 0.5) is 13.2 Å². The van der Waals surface area contributed by atoms with Crippen molar-refractivity contribution in [2.75, 3.05) is 46.4 Å². The van der Waals surface area contributed by atoms with Crippen LogP contribution in [0.25, 0.3) is 0 Å². The summed E-state index contributed by atoms with van der Waals surface area (Å²) < 4.78 is 44.2. The smallest absolute Gasteiger partial charge is 0.381 e. The summed E-state index contributed by atoms with van der Waals surface area (Å²) in [6.07, 6.45) is -1.12. The molecule has 0 aliphatic carbocycles. The molecule has 1 N–H and O–H groups in total. The summed E-state index contributed by atoms with van der Waals surface area (Å²) in [5, 5.41) is 3.18. The van der Waals surface area contributed by atoms with Gasteiger partial charge in [0.15, 0.2) is 0 Å². The molecular weight excluding hydrogens is 269 g/mol. The van der Waals surface area contributed by atoms with Crippen LogP contribution in [0.5, 0.6) is 0 Å². The van der Waals surface area contributed by atoms with Crippen molar-refractivity contribution in [3.05, 3.63) is 0 Å². The Labute approximate surface area is 118 Å². The Morgan fingerprint density at radius 1 is 1.35 bits per heavy atom. The van der Waals surface area contributed by atoms with Crippen molar-refractivity contribution in [2.45, 2.75) is 31.9 Å². The highest BCUT2D eigenvalue weighted by Crippen LogP contribution is 2.35. The molecule has 0 spiro atoms. The van der Waals surface area contributed by atoms with Gasteiger partial charge in [-0.25, -0.2) is 0 Å². The van der Waals surface area contributed by atoms with E-state index >= 15 is 0 Å². The van der Waals surface area contributed by atoms with Gasteiger partial charge in [-0.2, -0.15) is 13.2 Å². The maximum atomic E-state index is 12.9. The number of nitrogens with zero attached hydrogens (tertiary/aromatic N) is 1. The average molecular weight is 294 g/mol. The highest BCUT2D eigenvalue weighted by atomic mass is 19.4. The number of piperidine rings is 1. The van der Waals surface area contributed by atoms with Gasteiger partial charge < -0.3 is 15.0 Å². The van der Waals surface area contributed by atoms with Crippen LogP contribution in [0.3, 0.4) is 0 Å². The van der Waals surface area contributed by atoms with Crippen molar-refractivity contribution < 1.29 is 17.9 Å². The predicted octanol–water partition coefficient (Wildman–Crippen LogP) is 2.28. The lowest BCUT2D eigenvalue weighted by molar-refractivity contribution is -0.188. The lowest BCUT2D eigenvalue weighted by atomic mass is 9.81. The van der Waals surface area contributed by atoms with Gasteiger partial charge in [-0.15, -0.1) is 0 Å². The molecule has 0 aromatic rings. The summed E-state index contributed by atoms with van der Waals surface area (Å²) >= 11 is 0. The topological polar surface area (TPSA) is 24.5 Å². The standard InChI is InChI=1S/C14H25F3N2O/c1-18-9-13(5-3-7-20-11-13)10-19-6-2-4-12(8-19)14(15,16)17/h12,18H,2-11H2,1H3. The summed E-state index contributed by atoms with van der Waals surface area (Å²) in [4.78, 5) is 1.99. The van der Waals surface area contributed by atoms with Crippen LogP contribution < -0.4 is 5.32 Å². The van der Waals surface area contributed by atoms with E-state index in [9.17, 15) is 13.2 Å². The van der Waals surface area contributed by atoms with Crippen molar-refractivity contribution in [3.8, 4) is 0 Å². The Morgan fingerprint density at radius 2 is 2.15 bits per heavy atom. The Bertz CT molecular complexity index is 298. The molecule has 0 aromatic heterocycles. The fourth-order valence-electron chi connectivity index (χ4n) is 3.55. The summed E-state index contributed by atoms with van der Waals surface area (Å²) in [6, 6.07) is 0. The van der Waals surface area contributed by atoms with Gasteiger partial charge in [0.25, 0.3) is 0 Å². The zero-order valence-corrected chi connectivity index (χ0v) is 12.1. The molecule has 2 rings (SSSR count). The molecule has 0 amide bonds. The van der Waals surface area contributed by atoms with Gasteiger partial charge in [0, 0.05) is 31.7 Å². The fourth-order valence-corrected chi connectivity index (χ4v) is 3.55. The molecule has 2 aliphatic heterocycles. The minimum absolute atomic E-state index is 0.0273. The van der Waals surface area contributed by atoms with Crippen LogP contribution in [0.15, 0.2) is 0 Å². The summed E-state index contributed by atoms with van der Waals surface area (Å²) in [5.41, 5.74) is -0.0273. The van der Waals surface area contributed by atoms with Crippen LogP contribution in [0, 0.1) is 11.3 Å². The zero-order valence-electron chi connectivity index (χ0n) is 12.1. The summed E-state index contributed by atoms with van der Waals surface area (Å²) in [6.45, 7) is 3.87. The molecule has 2 atom stereocenters. The van der Waals surface area contributed by atoms with E-state index in [0.717, 1.165) is 32.5 Å². The van der Waals surface area contributed by atoms with Crippen molar-refractivity contribution in [1.82, 2.24) is 10.2 Å². The van der Waals surface area contributed by atoms with Gasteiger partial charge in [-0.1, -0.05) is 0 Å². The number of hydrogen-bond donors (Lipinski definition) is 1. The molecule has 2 saturated heterocycles. The van der Waals surface area contributed by atoms with E-state index in [-0.39, 0.29) is 18.4 Å². The van der Waals surface area contributed by atoms with Crippen molar-refractivity contribution in [1.29, 1.82) is 0 Å². The number of likely N-dealkylation sites (tertiary alicyclic amines) is 1. The van der Waals surface area contributed by atoms with Crippen LogP contribution in [-0.2, 0) is 4.74 Å². The highest BCUT2D eigenvalue weighted by molar-refractivity contribution is 4.89. The van der Waals surface area contributed by atoms with E-state index in [1.807, 2.05) is 11.9 Å². The predicted molar refractivity (Wildman–Crippen MR) is 71.6 cm³/mol. The number of halogens is 3. The Hall–Kier alpha value is -0.330. The van der Waals surface area contributed by atoms with Gasteiger partial charge in [0.05, 0.1) is 12.5 Å². The van der Waals surface area contributed by atoms with Crippen LogP contribution in [-0.4, -0.2) is 57.5 Å². The van der Waals surface area contributed by atoms with E-state index < -0.39 is 12.1 Å². The minimum Gasteiger partial charge on any atom is -0.381 e. The fraction of sp³-hybridized carbons (Fsp3) is 1.00. The first-order valence-electron chi connectivity index (χ1n) is 7.47. The molecule has 20 heavy (non-hydrogen) atoms. The van der Waals surface area contributed by atoms with Crippen molar-refractivity contribution in [2.24, 2.45) is 11.3 Å². The van der Waals surface area contributed by atoms with Gasteiger partial charge in [-0.3, -0.25) is 0 Å². The maximum Gasteiger partial charge on any atom is 0.393 e. The SMILES string of the molecule is CNCC1(CN2CCCC(C(F)(F)F)C2)CCCOC1. The van der Waals surface area contributed by atoms with Gasteiger partial charge in [0.1, 0.15) is 0 Å². The van der Waals surface area contributed by atoms with Gasteiger partial charge in [-0.05, 0) is 39.3 Å². The molecule has 0 radical (unpaired) electrons. The van der Waals surface area contributed by atoms with Gasteiger partial charge >= 0.3 is 6.18 Å². The highest BCUT2D eigenvalue weighted by Gasteiger charge is 2.43. The summed E-state index contributed by atoms with van der Waals surface area (Å²) in [7, 11) is 1.89. The number of ether oxygens (including phenoxy) is 1. The lowest BCUT2D eigenvalue weighted by Gasteiger charge is -2.43. The molecule has 0 bridgehead atoms. The van der Waals surface area contributed by atoms with Crippen LogP contribution >= 0.6 is 0 Å². The van der Waals surface area contributed by atoms with Crippen LogP contribution in [0.1, 0.15) is 25.7 Å². The minimum atomic E-state index is -4.06. The molecule has 2 heterocycles. The van der Waals surface area contributed by atoms with Crippen molar-refractivity contribution >= 4 is 0 Å². The summed E-state index contributed by atoms with van der Waals surface area (Å²) in [5.74, 6) is -1.16. The molecule has 2 aliphatic rings. The molecule has 6 heteroatoms. The number of rotatable bonds is 4. The second kappa shape index (κ2) is 6.62. The quantitative estimate of drug-likeness (QED) is 0.861. The number of hydrogen-bond acceptors (Lipinski definition) is 3. The number of alkyl halides is 3. The Morgan fingerprint density at radius 3 is 2.75 bits per heavy atom. The number of nitrogens with one attached hydrogen (secondary N) is 1. The molecule has 3 nitrogen and oxygen atoms in total. The second-order valence-corrected chi connectivity index (χ2v) is 6.30. The largest absolute Gasteiger partial charge is 0.393 e. The third kappa shape index (κ3) is 4.09. The first-order valence-corrected chi connectivity index (χ1v) is 7.47. The first-order chi connectivity index (χ1) is 9.45. The third-order valence-electron chi connectivity index (χ3n) is 4.48. The second-order valence-electron chi connectivity index (χ2n) is 6.30. The maximum absolute atomic E-state index is 12.9. The molecular formula is C14H25F3N2O. The van der Waals surface area contributed by atoms with E-state index in [2.05, 4.69) is 5.32 Å². The molecule has 0 saturated carbocycles. The Kier molecular flexibility index (Phi) is 5.31. The Balaban J connectivity index is 1.96. The molecule has 2 fully saturated rings. The van der Waals surface area contributed by atoms with E-state index in [1.54, 1.807) is 0 Å². The average Bonchev–Trinajstić information content (AvgIpc) is 2.39. The van der Waals surface area contributed by atoms with E-state index in [1.165, 1.54) is 0 Å². The normalized spacial score (nSPS) is 33.3. The monoisotopic (exact) mass is 294 g/mol. The van der Waals surface area contributed by atoms with E-state index in [0.29, 0.717) is 19.6 Å². The lowest BCUT2D eigenvalue weighted by Crippen LogP contribution is -2.51. The molecule has 0 aromatic carbocycles. The van der Waals surface area contributed by atoms with Gasteiger partial charge in [0.2, 0.25) is 0 Å². The van der Waals surface area contributed by atoms with Crippen molar-refractivity contribution in [3.63, 3.8) is 0 Å². The van der Waals surface area contributed by atoms with E-state index in [4.69, 9.17) is 4.74 Å². The molecule has 2 unspecified atom stereocenters. The third-order valence-corrected chi connectivity index (χ3v) is 4.48. The first kappa shape index (κ1) is 16.0. The zero-order chi connectivity index (χ0) is 14.6. The van der Waals surface area contributed by atoms with Crippen LogP contribution in [0.2, 0.25) is 0 Å².